The lowest BCUT2D eigenvalue weighted by atomic mass is 10.1. The number of nitrogens with one attached hydrogen (secondary N) is 1. The summed E-state index contributed by atoms with van der Waals surface area (Å²) in [7, 11) is 0. The molecule has 0 saturated carbocycles. The van der Waals surface area contributed by atoms with E-state index in [9.17, 15) is 9.59 Å². The summed E-state index contributed by atoms with van der Waals surface area (Å²) >= 11 is 0. The Kier molecular flexibility index (Phi) is 3.88. The Morgan fingerprint density at radius 2 is 2.00 bits per heavy atom. The summed E-state index contributed by atoms with van der Waals surface area (Å²) in [5, 5.41) is 5.88. The van der Waals surface area contributed by atoms with Gasteiger partial charge in [0.05, 0.1) is 6.42 Å². The number of nitrogens with two attached hydrogens (primary N) is 1. The highest BCUT2D eigenvalue weighted by molar-refractivity contribution is 6.42. The second-order valence-corrected chi connectivity index (χ2v) is 4.68. The van der Waals surface area contributed by atoms with Gasteiger partial charge in [-0.2, -0.15) is 5.10 Å². The predicted molar refractivity (Wildman–Crippen MR) is 79.1 cm³/mol. The van der Waals surface area contributed by atoms with Crippen molar-refractivity contribution in [2.45, 2.75) is 6.42 Å². The van der Waals surface area contributed by atoms with E-state index in [1.165, 1.54) is 6.26 Å². The van der Waals surface area contributed by atoms with Gasteiger partial charge in [0.2, 0.25) is 5.78 Å². The fourth-order valence-electron chi connectivity index (χ4n) is 1.86. The molecule has 0 aliphatic carbocycles. The second kappa shape index (κ2) is 6.14. The maximum absolute atomic E-state index is 11.9. The lowest BCUT2D eigenvalue weighted by molar-refractivity contribution is -0.114. The highest BCUT2D eigenvalue weighted by atomic mass is 16.5. The third-order valence-electron chi connectivity index (χ3n) is 2.96. The number of hydrogen-bond acceptors (Lipinski definition) is 7. The van der Waals surface area contributed by atoms with Crippen LogP contribution in [0.4, 0.5) is 5.69 Å². The topological polar surface area (TPSA) is 124 Å². The minimum Gasteiger partial charge on any atom is -0.465 e. The Labute approximate surface area is 130 Å². The van der Waals surface area contributed by atoms with Crippen LogP contribution in [0.2, 0.25) is 0 Å². The number of aromatic nitrogens is 3. The third-order valence-corrected chi connectivity index (χ3v) is 2.96. The standard InChI is InChI=1S/C15H12N4O4/c16-9-1-3-10(4-2-9)23-12-5-11(22-7-12)6-13(20)14(21)15-17-8-18-19-15/h1-5,7-8H,6,16H2,(H,17,18,19). The highest BCUT2D eigenvalue weighted by Gasteiger charge is 2.21. The molecule has 0 bridgehead atoms. The first-order valence-corrected chi connectivity index (χ1v) is 6.65. The molecule has 0 radical (unpaired) electrons. The molecule has 2 aromatic heterocycles. The summed E-state index contributed by atoms with van der Waals surface area (Å²) in [5.41, 5.74) is 6.22. The van der Waals surface area contributed by atoms with Crippen molar-refractivity contribution >= 4 is 17.3 Å². The van der Waals surface area contributed by atoms with Gasteiger partial charge in [0.15, 0.2) is 11.6 Å². The summed E-state index contributed by atoms with van der Waals surface area (Å²) < 4.78 is 10.8. The van der Waals surface area contributed by atoms with Gasteiger partial charge in [0.1, 0.15) is 24.1 Å². The van der Waals surface area contributed by atoms with Gasteiger partial charge in [0, 0.05) is 11.8 Å². The molecule has 2 heterocycles. The largest absolute Gasteiger partial charge is 0.465 e. The minimum absolute atomic E-state index is 0.0973. The van der Waals surface area contributed by atoms with Crippen molar-refractivity contribution in [1.29, 1.82) is 0 Å². The molecular weight excluding hydrogens is 300 g/mol. The number of rotatable bonds is 6. The molecular formula is C15H12N4O4. The first-order chi connectivity index (χ1) is 11.1. The molecule has 0 amide bonds. The first-order valence-electron chi connectivity index (χ1n) is 6.65. The van der Waals surface area contributed by atoms with Crippen molar-refractivity contribution in [3.63, 3.8) is 0 Å². The van der Waals surface area contributed by atoms with E-state index in [1.807, 2.05) is 0 Å². The van der Waals surface area contributed by atoms with Crippen LogP contribution in [0, 0.1) is 0 Å². The minimum atomic E-state index is -0.750. The van der Waals surface area contributed by atoms with E-state index in [-0.39, 0.29) is 12.2 Å². The Balaban J connectivity index is 1.64. The number of ketones is 2. The quantitative estimate of drug-likeness (QED) is 0.403. The Bertz CT molecular complexity index is 822. The van der Waals surface area contributed by atoms with Crippen LogP contribution in [0.1, 0.15) is 16.4 Å². The van der Waals surface area contributed by atoms with Crippen LogP contribution in [-0.4, -0.2) is 26.7 Å². The molecule has 3 N–H and O–H groups in total. The molecule has 8 nitrogen and oxygen atoms in total. The number of nitrogens with zero attached hydrogens (tertiary/aromatic N) is 2. The zero-order valence-corrected chi connectivity index (χ0v) is 11.9. The molecule has 3 aromatic rings. The van der Waals surface area contributed by atoms with E-state index in [2.05, 4.69) is 15.2 Å². The summed E-state index contributed by atoms with van der Waals surface area (Å²) in [6.45, 7) is 0. The smallest absolute Gasteiger partial charge is 0.265 e. The normalized spacial score (nSPS) is 10.4. The summed E-state index contributed by atoms with van der Waals surface area (Å²) in [6.07, 6.45) is 2.33. The number of Topliss-reactive ketones (excluding diaryl/α,β-unsaturated/α-hetero) is 2. The lowest BCUT2D eigenvalue weighted by Crippen LogP contribution is -2.17. The number of carbonyl (C=O) groups is 2. The van der Waals surface area contributed by atoms with E-state index in [1.54, 1.807) is 30.3 Å². The molecule has 0 spiro atoms. The van der Waals surface area contributed by atoms with Crippen LogP contribution < -0.4 is 10.5 Å². The van der Waals surface area contributed by atoms with Crippen LogP contribution in [0.5, 0.6) is 11.5 Å². The second-order valence-electron chi connectivity index (χ2n) is 4.68. The molecule has 0 aliphatic heterocycles. The van der Waals surface area contributed by atoms with Crippen LogP contribution in [-0.2, 0) is 11.2 Å². The van der Waals surface area contributed by atoms with Gasteiger partial charge >= 0.3 is 0 Å². The number of ether oxygens (including phenoxy) is 1. The van der Waals surface area contributed by atoms with Crippen LogP contribution >= 0.6 is 0 Å². The van der Waals surface area contributed by atoms with Crippen molar-refractivity contribution in [2.24, 2.45) is 0 Å². The highest BCUT2D eigenvalue weighted by Crippen LogP contribution is 2.24. The van der Waals surface area contributed by atoms with Gasteiger partial charge < -0.3 is 14.9 Å². The first kappa shape index (κ1) is 14.5. The fourth-order valence-corrected chi connectivity index (χ4v) is 1.86. The zero-order valence-electron chi connectivity index (χ0n) is 11.9. The summed E-state index contributed by atoms with van der Waals surface area (Å²) in [6, 6.07) is 8.37. The van der Waals surface area contributed by atoms with Crippen LogP contribution in [0.3, 0.4) is 0 Å². The van der Waals surface area contributed by atoms with Crippen molar-refractivity contribution in [1.82, 2.24) is 15.2 Å². The monoisotopic (exact) mass is 312 g/mol. The molecule has 0 aliphatic rings. The zero-order chi connectivity index (χ0) is 16.2. The number of H-pyrrole nitrogens is 1. The van der Waals surface area contributed by atoms with Crippen molar-refractivity contribution < 1.29 is 18.7 Å². The number of anilines is 1. The fraction of sp³-hybridized carbons (Fsp3) is 0.0667. The maximum Gasteiger partial charge on any atom is 0.265 e. The average Bonchev–Trinajstić information content (AvgIpc) is 3.21. The van der Waals surface area contributed by atoms with E-state index in [0.29, 0.717) is 22.9 Å². The Morgan fingerprint density at radius 1 is 1.22 bits per heavy atom. The number of nitrogen functional groups attached to an aromatic ring is 1. The molecule has 0 unspecified atom stereocenters. The van der Waals surface area contributed by atoms with Gasteiger partial charge in [0.25, 0.3) is 5.78 Å². The van der Waals surface area contributed by atoms with Crippen LogP contribution in [0.25, 0.3) is 0 Å². The third kappa shape index (κ3) is 3.43. The maximum atomic E-state index is 11.9. The SMILES string of the molecule is Nc1ccc(Oc2coc(CC(=O)C(=O)c3ncn[nH]3)c2)cc1. The predicted octanol–water partition coefficient (Wildman–Crippen LogP) is 1.77. The van der Waals surface area contributed by atoms with Crippen LogP contribution in [0.15, 0.2) is 47.3 Å². The Morgan fingerprint density at radius 3 is 2.70 bits per heavy atom. The summed E-state index contributed by atoms with van der Waals surface area (Å²) in [4.78, 5) is 27.3. The molecule has 1 aromatic carbocycles. The van der Waals surface area contributed by atoms with Gasteiger partial charge in [-0.15, -0.1) is 0 Å². The molecule has 0 atom stereocenters. The van der Waals surface area contributed by atoms with E-state index in [4.69, 9.17) is 14.9 Å². The molecule has 3 rings (SSSR count). The average molecular weight is 312 g/mol. The van der Waals surface area contributed by atoms with Gasteiger partial charge in [-0.05, 0) is 24.3 Å². The van der Waals surface area contributed by atoms with Crippen molar-refractivity contribution in [3.8, 4) is 11.5 Å². The number of benzene rings is 1. The van der Waals surface area contributed by atoms with E-state index in [0.717, 1.165) is 6.33 Å². The Hall–Kier alpha value is -3.42. The van der Waals surface area contributed by atoms with Gasteiger partial charge in [-0.1, -0.05) is 0 Å². The lowest BCUT2D eigenvalue weighted by Gasteiger charge is -2.01. The number of hydrogen-bond donors (Lipinski definition) is 2. The molecule has 23 heavy (non-hydrogen) atoms. The van der Waals surface area contributed by atoms with E-state index >= 15 is 0 Å². The van der Waals surface area contributed by atoms with Gasteiger partial charge in [-0.25, -0.2) is 4.98 Å². The van der Waals surface area contributed by atoms with Gasteiger partial charge in [-0.3, -0.25) is 14.7 Å². The molecule has 0 saturated heterocycles. The molecule has 0 fully saturated rings. The molecule has 116 valence electrons. The number of furan rings is 1. The van der Waals surface area contributed by atoms with Crippen molar-refractivity contribution in [2.75, 3.05) is 5.73 Å². The number of carbonyl (C=O) groups excluding carboxylic acids is 2. The van der Waals surface area contributed by atoms with E-state index < -0.39 is 11.6 Å². The van der Waals surface area contributed by atoms with Crippen molar-refractivity contribution in [3.05, 3.63) is 54.5 Å². The number of aromatic amines is 1. The molecule has 8 heteroatoms. The summed E-state index contributed by atoms with van der Waals surface area (Å²) in [5.74, 6) is -0.191.